The van der Waals surface area contributed by atoms with Gasteiger partial charge in [-0.05, 0) is 0 Å². The molecule has 10 heterocycles. The van der Waals surface area contributed by atoms with Crippen LogP contribution in [0.4, 0.5) is 0 Å². The van der Waals surface area contributed by atoms with Crippen molar-refractivity contribution in [1.82, 2.24) is 0 Å². The van der Waals surface area contributed by atoms with Gasteiger partial charge in [0.25, 0.3) is 0 Å². The predicted molar refractivity (Wildman–Crippen MR) is 87.9 cm³/mol. The third-order valence-corrected chi connectivity index (χ3v) is 69.2. The van der Waals surface area contributed by atoms with Gasteiger partial charge in [0.15, 0.2) is 0 Å². The molecule has 10 saturated heterocycles. The van der Waals surface area contributed by atoms with Crippen molar-refractivity contribution in [3.8, 4) is 0 Å². The Morgan fingerprint density at radius 2 is 1.55 bits per heavy atom. The summed E-state index contributed by atoms with van der Waals surface area (Å²) in [5.41, 5.74) is 1.40. The van der Waals surface area contributed by atoms with Gasteiger partial charge < -0.3 is 0 Å². The van der Waals surface area contributed by atoms with Crippen molar-refractivity contribution in [3.63, 3.8) is 0 Å². The minimum atomic E-state index is -3.04. The van der Waals surface area contributed by atoms with Gasteiger partial charge in [-0.3, -0.25) is 0 Å². The zero-order valence-corrected chi connectivity index (χ0v) is 16.1. The van der Waals surface area contributed by atoms with E-state index in [0.29, 0.717) is 5.41 Å². The van der Waals surface area contributed by atoms with Gasteiger partial charge in [0, 0.05) is 0 Å². The van der Waals surface area contributed by atoms with Gasteiger partial charge >= 0.3 is 125 Å². The first-order valence-corrected chi connectivity index (χ1v) is 16.9. The molecular formula is C20H27FeP. The minimum absolute atomic E-state index is 0.667. The first-order chi connectivity index (χ1) is 10.1. The van der Waals surface area contributed by atoms with Gasteiger partial charge in [0.1, 0.15) is 0 Å². The third kappa shape index (κ3) is 0.119. The predicted octanol–water partition coefficient (Wildman–Crippen LogP) is 5.99. The van der Waals surface area contributed by atoms with Crippen LogP contribution in [-0.2, 0) is 6.51 Å². The van der Waals surface area contributed by atoms with E-state index in [1.54, 1.807) is 19.3 Å². The van der Waals surface area contributed by atoms with Crippen LogP contribution in [0.2, 0.25) is 42.8 Å². The van der Waals surface area contributed by atoms with Crippen molar-refractivity contribution in [1.29, 1.82) is 0 Å². The van der Waals surface area contributed by atoms with Crippen LogP contribution >= 0.6 is 9.24 Å². The van der Waals surface area contributed by atoms with E-state index in [-0.39, 0.29) is 0 Å². The van der Waals surface area contributed by atoms with Gasteiger partial charge in [0.05, 0.1) is 0 Å². The van der Waals surface area contributed by atoms with E-state index < -0.39 is 6.51 Å². The molecule has 12 rings (SSSR count). The normalized spacial score (nSPS) is 120. The molecule has 22 heavy (non-hydrogen) atoms. The standard InChI is InChI=1S/C15H22P.C5H5.Fe/c1-14(2)10-7-8-15(14,3)12(9-10)11-5-4-6-13(11)16;1-2-4-5-3-1;/h4-6,10,12H,7-9,16H2,1-3H3;1-5H;. The first-order valence-electron chi connectivity index (χ1n) is 10.1. The molecule has 2 saturated carbocycles. The molecular weight excluding hydrogens is 327 g/mol. The van der Waals surface area contributed by atoms with Crippen molar-refractivity contribution < 1.29 is 6.51 Å². The van der Waals surface area contributed by atoms with Gasteiger partial charge in [0.2, 0.25) is 0 Å². The molecule has 12 fully saturated rings. The second-order valence-electron chi connectivity index (χ2n) is 15.0. The van der Waals surface area contributed by atoms with E-state index in [4.69, 9.17) is 0 Å². The third-order valence-electron chi connectivity index (χ3n) is 20.4. The second kappa shape index (κ2) is 0.909. The number of fused-ring (bicyclic) bond motifs is 12. The van der Waals surface area contributed by atoms with E-state index in [1.807, 2.05) is 0 Å². The summed E-state index contributed by atoms with van der Waals surface area (Å²) in [5.74, 6) is 2.31. The van der Waals surface area contributed by atoms with Gasteiger partial charge in [-0.25, -0.2) is 0 Å². The van der Waals surface area contributed by atoms with Crippen molar-refractivity contribution in [2.75, 3.05) is 0 Å². The Kier molecular flexibility index (Phi) is 0.396. The fourth-order valence-corrected chi connectivity index (χ4v) is 108. The molecule has 0 amide bonds. The van der Waals surface area contributed by atoms with Crippen LogP contribution in [0.5, 0.6) is 0 Å². The summed E-state index contributed by atoms with van der Waals surface area (Å²) in [6.45, 7) is 5.13. The average Bonchev–Trinajstić information content (AvgIpc) is 3.38. The molecule has 1 spiro atoms. The summed E-state index contributed by atoms with van der Waals surface area (Å²) in [6, 6.07) is 0. The summed E-state index contributed by atoms with van der Waals surface area (Å²) >= 11 is 0. The van der Waals surface area contributed by atoms with Gasteiger partial charge in [-0.15, -0.1) is 0 Å². The van der Waals surface area contributed by atoms with Crippen LogP contribution in [0.25, 0.3) is 0 Å². The van der Waals surface area contributed by atoms with Gasteiger partial charge in [-0.1, -0.05) is 0 Å². The fourth-order valence-electron chi connectivity index (χ4n) is 21.7. The summed E-state index contributed by atoms with van der Waals surface area (Å²) in [6.07, 6.45) is 4.86. The molecule has 0 radical (unpaired) electrons. The Balaban J connectivity index is 1.35. The summed E-state index contributed by atoms with van der Waals surface area (Å²) in [5, 5.41) is 0. The fraction of sp³-hybridized carbons (Fsp3) is 1.00. The molecule has 0 N–H and O–H groups in total. The molecule has 120 valence electrons. The summed E-state index contributed by atoms with van der Waals surface area (Å²) in [4.78, 5) is 11.9. The van der Waals surface area contributed by atoms with Gasteiger partial charge in [-0.2, -0.15) is 0 Å². The maximum absolute atomic E-state index is 3.76. The van der Waals surface area contributed by atoms with Crippen LogP contribution in [0.15, 0.2) is 0 Å². The maximum atomic E-state index is 3.76. The number of hydrogen-bond donors (Lipinski definition) is 0. The zero-order chi connectivity index (χ0) is 14.2. The van der Waals surface area contributed by atoms with E-state index in [2.05, 4.69) is 30.0 Å². The van der Waals surface area contributed by atoms with E-state index in [0.717, 1.165) is 19.7 Å². The van der Waals surface area contributed by atoms with Crippen molar-refractivity contribution in [2.24, 2.45) is 22.7 Å². The van der Waals surface area contributed by atoms with E-state index in [1.165, 1.54) is 44.4 Å². The SMILES string of the molecule is CC1(C)C2CCC1(C)C([C]13[CH]4[CH]5[CH]6[C]1(P)[Fe]56431789[CH]3[CH]1[CH]7[CH]8[CH]39)C2. The van der Waals surface area contributed by atoms with Crippen molar-refractivity contribution in [2.45, 2.75) is 86.9 Å². The summed E-state index contributed by atoms with van der Waals surface area (Å²) < 4.78 is 2.11. The van der Waals surface area contributed by atoms with Crippen LogP contribution in [-0.4, -0.2) is 4.05 Å². The quantitative estimate of drug-likeness (QED) is 0.401. The molecule has 2 heteroatoms. The number of rotatable bonds is 1. The first kappa shape index (κ1) is 9.59. The molecule has 0 aromatic carbocycles. The van der Waals surface area contributed by atoms with Crippen LogP contribution in [0, 0.1) is 22.7 Å². The molecule has 0 aromatic rings. The molecule has 2 aliphatic carbocycles. The Morgan fingerprint density at radius 1 is 0.909 bits per heavy atom. The Hall–Kier alpha value is 0.949. The molecule has 0 aromatic heterocycles. The zero-order valence-electron chi connectivity index (χ0n) is 13.8. The Labute approximate surface area is 125 Å². The molecule has 12 aliphatic rings. The van der Waals surface area contributed by atoms with E-state index >= 15 is 0 Å². The van der Waals surface area contributed by atoms with Crippen LogP contribution in [0.1, 0.15) is 40.0 Å². The molecule has 0 nitrogen and oxygen atoms in total. The molecule has 9 unspecified atom stereocenters. The molecule has 2 bridgehead atoms. The molecule has 10 aliphatic heterocycles. The van der Waals surface area contributed by atoms with E-state index in [9.17, 15) is 0 Å². The average molecular weight is 354 g/mol. The van der Waals surface area contributed by atoms with Crippen molar-refractivity contribution in [3.05, 3.63) is 0 Å². The monoisotopic (exact) mass is 354 g/mol. The topological polar surface area (TPSA) is 0 Å². The Bertz CT molecular complexity index is 1200. The Morgan fingerprint density at radius 3 is 1.82 bits per heavy atom. The number of hydrogen-bond acceptors (Lipinski definition) is 0. The second-order valence-corrected chi connectivity index (χ2v) is 39.8. The van der Waals surface area contributed by atoms with Crippen LogP contribution in [0.3, 0.4) is 0 Å². The summed E-state index contributed by atoms with van der Waals surface area (Å²) in [7, 11) is 3.76. The molecule has 9 atom stereocenters. The van der Waals surface area contributed by atoms with Crippen LogP contribution < -0.4 is 0 Å². The van der Waals surface area contributed by atoms with Crippen molar-refractivity contribution >= 4 is 9.24 Å².